The van der Waals surface area contributed by atoms with Crippen LogP contribution in [0.2, 0.25) is 0 Å². The minimum atomic E-state index is -0.0122. The summed E-state index contributed by atoms with van der Waals surface area (Å²) in [6.07, 6.45) is 1.91. The van der Waals surface area contributed by atoms with Gasteiger partial charge in [-0.05, 0) is 55.0 Å². The minimum Gasteiger partial charge on any atom is -0.311 e. The Hall–Kier alpha value is -2.89. The highest BCUT2D eigenvalue weighted by molar-refractivity contribution is 8.26. The predicted octanol–water partition coefficient (Wildman–Crippen LogP) is 6.38. The lowest BCUT2D eigenvalue weighted by Gasteiger charge is -2.25. The highest BCUT2D eigenvalue weighted by Gasteiger charge is 2.30. The molecule has 1 amide bonds. The molecule has 0 atom stereocenters. The molecule has 5 heteroatoms. The van der Waals surface area contributed by atoms with Crippen LogP contribution in [-0.4, -0.2) is 21.7 Å². The van der Waals surface area contributed by atoms with Gasteiger partial charge in [0.05, 0.1) is 4.91 Å². The molecule has 1 fully saturated rings. The van der Waals surface area contributed by atoms with Gasteiger partial charge in [-0.2, -0.15) is 0 Å². The lowest BCUT2D eigenvalue weighted by atomic mass is 10.1. The van der Waals surface area contributed by atoms with Gasteiger partial charge in [0.2, 0.25) is 0 Å². The average molecular weight is 417 g/mol. The Kier molecular flexibility index (Phi) is 5.79. The van der Waals surface area contributed by atoms with Gasteiger partial charge in [0.15, 0.2) is 0 Å². The fourth-order valence-electron chi connectivity index (χ4n) is 3.24. The van der Waals surface area contributed by atoms with E-state index >= 15 is 0 Å². The Balaban J connectivity index is 1.66. The molecule has 144 valence electrons. The smallest absolute Gasteiger partial charge is 0.266 e. The largest absolute Gasteiger partial charge is 0.311 e. The van der Waals surface area contributed by atoms with E-state index in [1.165, 1.54) is 11.8 Å². The second-order valence-corrected chi connectivity index (χ2v) is 8.20. The average Bonchev–Trinajstić information content (AvgIpc) is 3.03. The molecule has 0 radical (unpaired) electrons. The van der Waals surface area contributed by atoms with Crippen LogP contribution in [0.4, 0.5) is 17.1 Å². The molecule has 29 heavy (non-hydrogen) atoms. The number of para-hydroxylation sites is 2. The van der Waals surface area contributed by atoms with Crippen LogP contribution in [0.15, 0.2) is 89.8 Å². The van der Waals surface area contributed by atoms with Crippen LogP contribution in [0.25, 0.3) is 6.08 Å². The third-order valence-electron chi connectivity index (χ3n) is 4.67. The monoisotopic (exact) mass is 416 g/mol. The number of thiocarbonyl (C=S) groups is 1. The Morgan fingerprint density at radius 2 is 1.38 bits per heavy atom. The van der Waals surface area contributed by atoms with E-state index in [0.29, 0.717) is 15.8 Å². The van der Waals surface area contributed by atoms with Crippen molar-refractivity contribution in [2.24, 2.45) is 0 Å². The fourth-order valence-corrected chi connectivity index (χ4v) is 4.63. The third kappa shape index (κ3) is 4.11. The molecule has 1 saturated heterocycles. The lowest BCUT2D eigenvalue weighted by Crippen LogP contribution is -2.27. The van der Waals surface area contributed by atoms with Crippen molar-refractivity contribution in [1.29, 1.82) is 0 Å². The lowest BCUT2D eigenvalue weighted by molar-refractivity contribution is -0.121. The summed E-state index contributed by atoms with van der Waals surface area (Å²) in [5.41, 5.74) is 4.22. The SMILES string of the molecule is CCN1C(=O)C(=Cc2ccc(N(c3ccccc3)c3ccccc3)cc2)SC1=S. The van der Waals surface area contributed by atoms with Crippen LogP contribution < -0.4 is 4.90 Å². The molecule has 0 aliphatic carbocycles. The first-order chi connectivity index (χ1) is 14.2. The second-order valence-electron chi connectivity index (χ2n) is 6.52. The first-order valence-electron chi connectivity index (χ1n) is 9.43. The number of carbonyl (C=O) groups excluding carboxylic acids is 1. The summed E-state index contributed by atoms with van der Waals surface area (Å²) < 4.78 is 0.625. The van der Waals surface area contributed by atoms with Crippen molar-refractivity contribution < 1.29 is 4.79 Å². The summed E-state index contributed by atoms with van der Waals surface area (Å²) in [6, 6.07) is 28.8. The van der Waals surface area contributed by atoms with Crippen LogP contribution in [0.3, 0.4) is 0 Å². The summed E-state index contributed by atoms with van der Waals surface area (Å²) >= 11 is 6.66. The van der Waals surface area contributed by atoms with Crippen LogP contribution in [0.1, 0.15) is 12.5 Å². The van der Waals surface area contributed by atoms with Crippen LogP contribution >= 0.6 is 24.0 Å². The highest BCUT2D eigenvalue weighted by atomic mass is 32.2. The molecule has 0 spiro atoms. The Morgan fingerprint density at radius 1 is 0.862 bits per heavy atom. The van der Waals surface area contributed by atoms with E-state index in [0.717, 1.165) is 22.6 Å². The zero-order valence-electron chi connectivity index (χ0n) is 16.0. The summed E-state index contributed by atoms with van der Waals surface area (Å²) in [5.74, 6) is -0.0122. The van der Waals surface area contributed by atoms with E-state index in [9.17, 15) is 4.79 Å². The molecule has 3 aromatic carbocycles. The van der Waals surface area contributed by atoms with Crippen molar-refractivity contribution in [3.63, 3.8) is 0 Å². The van der Waals surface area contributed by atoms with Gasteiger partial charge in [0, 0.05) is 23.6 Å². The van der Waals surface area contributed by atoms with Crippen LogP contribution in [0.5, 0.6) is 0 Å². The molecule has 0 N–H and O–H groups in total. The summed E-state index contributed by atoms with van der Waals surface area (Å²) in [5, 5.41) is 0. The minimum absolute atomic E-state index is 0.0122. The molecule has 1 aliphatic heterocycles. The number of nitrogens with zero attached hydrogens (tertiary/aromatic N) is 2. The normalized spacial score (nSPS) is 15.2. The summed E-state index contributed by atoms with van der Waals surface area (Å²) in [4.78, 5) is 17.0. The molecule has 3 nitrogen and oxygen atoms in total. The van der Waals surface area contributed by atoms with Gasteiger partial charge in [0.1, 0.15) is 4.32 Å². The molecule has 0 saturated carbocycles. The number of anilines is 3. The molecule has 0 aromatic heterocycles. The number of likely N-dealkylation sites (N-methyl/N-ethyl adjacent to an activating group) is 1. The molecule has 0 unspecified atom stereocenters. The van der Waals surface area contributed by atoms with Gasteiger partial charge in [-0.25, -0.2) is 0 Å². The van der Waals surface area contributed by atoms with Crippen molar-refractivity contribution in [2.75, 3.05) is 11.4 Å². The Bertz CT molecular complexity index is 1010. The van der Waals surface area contributed by atoms with Gasteiger partial charge in [-0.1, -0.05) is 72.5 Å². The van der Waals surface area contributed by atoms with E-state index in [2.05, 4.69) is 41.3 Å². The molecule has 1 aliphatic rings. The van der Waals surface area contributed by atoms with Gasteiger partial charge in [0.25, 0.3) is 5.91 Å². The van der Waals surface area contributed by atoms with Crippen molar-refractivity contribution in [2.45, 2.75) is 6.92 Å². The third-order valence-corrected chi connectivity index (χ3v) is 6.05. The van der Waals surface area contributed by atoms with Gasteiger partial charge < -0.3 is 4.90 Å². The Labute approximate surface area is 180 Å². The number of hydrogen-bond acceptors (Lipinski definition) is 4. The second kappa shape index (κ2) is 8.64. The maximum absolute atomic E-state index is 12.4. The maximum Gasteiger partial charge on any atom is 0.266 e. The van der Waals surface area contributed by atoms with Crippen molar-refractivity contribution in [1.82, 2.24) is 4.90 Å². The quantitative estimate of drug-likeness (QED) is 0.356. The topological polar surface area (TPSA) is 23.6 Å². The van der Waals surface area contributed by atoms with Crippen LogP contribution in [-0.2, 0) is 4.79 Å². The van der Waals surface area contributed by atoms with Gasteiger partial charge in [-0.3, -0.25) is 9.69 Å². The molecule has 1 heterocycles. The molecular weight excluding hydrogens is 396 g/mol. The van der Waals surface area contributed by atoms with E-state index in [-0.39, 0.29) is 5.91 Å². The molecular formula is C24H20N2OS2. The zero-order valence-corrected chi connectivity index (χ0v) is 17.6. The van der Waals surface area contributed by atoms with E-state index in [1.54, 1.807) is 4.90 Å². The number of thioether (sulfide) groups is 1. The Morgan fingerprint density at radius 3 is 1.86 bits per heavy atom. The standard InChI is InChI=1S/C24H20N2OS2/c1-2-25-23(27)22(29-24(25)28)17-18-13-15-21(16-14-18)26(19-9-5-3-6-10-19)20-11-7-4-8-12-20/h3-17H,2H2,1H3. The fraction of sp³-hybridized carbons (Fsp3) is 0.0833. The molecule has 0 bridgehead atoms. The number of carbonyl (C=O) groups is 1. The van der Waals surface area contributed by atoms with Crippen molar-refractivity contribution in [3.8, 4) is 0 Å². The number of hydrogen-bond donors (Lipinski definition) is 0. The number of benzene rings is 3. The van der Waals surface area contributed by atoms with E-state index in [1.807, 2.05) is 61.5 Å². The van der Waals surface area contributed by atoms with E-state index in [4.69, 9.17) is 12.2 Å². The van der Waals surface area contributed by atoms with Crippen LogP contribution in [0, 0.1) is 0 Å². The summed E-state index contributed by atoms with van der Waals surface area (Å²) in [6.45, 7) is 2.54. The first-order valence-corrected chi connectivity index (χ1v) is 10.7. The zero-order chi connectivity index (χ0) is 20.2. The predicted molar refractivity (Wildman–Crippen MR) is 127 cm³/mol. The number of rotatable bonds is 5. The van der Waals surface area contributed by atoms with E-state index < -0.39 is 0 Å². The van der Waals surface area contributed by atoms with Crippen molar-refractivity contribution >= 4 is 57.3 Å². The first kappa shape index (κ1) is 19.4. The molecule has 4 rings (SSSR count). The number of amides is 1. The van der Waals surface area contributed by atoms with Gasteiger partial charge in [-0.15, -0.1) is 0 Å². The highest BCUT2D eigenvalue weighted by Crippen LogP contribution is 2.35. The summed E-state index contributed by atoms with van der Waals surface area (Å²) in [7, 11) is 0. The van der Waals surface area contributed by atoms with Gasteiger partial charge >= 0.3 is 0 Å². The maximum atomic E-state index is 12.4. The van der Waals surface area contributed by atoms with Crippen molar-refractivity contribution in [3.05, 3.63) is 95.4 Å². The molecule has 3 aromatic rings.